The Morgan fingerprint density at radius 2 is 2.13 bits per heavy atom. The van der Waals surface area contributed by atoms with Crippen LogP contribution in [0.2, 0.25) is 0 Å². The molecule has 0 saturated carbocycles. The van der Waals surface area contributed by atoms with Crippen LogP contribution in [0.15, 0.2) is 22.7 Å². The molecule has 1 aromatic rings. The molecular weight excluding hydrogens is 320 g/mol. The molecule has 15 heavy (non-hydrogen) atoms. The van der Waals surface area contributed by atoms with Gasteiger partial charge in [0.25, 0.3) is 0 Å². The second kappa shape index (κ2) is 6.54. The van der Waals surface area contributed by atoms with Crippen LogP contribution in [0.1, 0.15) is 18.9 Å². The summed E-state index contributed by atoms with van der Waals surface area (Å²) in [4.78, 5) is 0. The van der Waals surface area contributed by atoms with Crippen LogP contribution in [0.25, 0.3) is 0 Å². The van der Waals surface area contributed by atoms with Gasteiger partial charge in [0.15, 0.2) is 0 Å². The summed E-state index contributed by atoms with van der Waals surface area (Å²) in [5, 5.41) is 0.997. The number of hydrogen-bond donors (Lipinski definition) is 0. The van der Waals surface area contributed by atoms with E-state index in [1.807, 2.05) is 12.1 Å². The van der Waals surface area contributed by atoms with E-state index in [0.717, 1.165) is 28.6 Å². The van der Waals surface area contributed by atoms with Crippen LogP contribution in [0.5, 0.6) is 5.75 Å². The highest BCUT2D eigenvalue weighted by molar-refractivity contribution is 9.10. The molecule has 0 aliphatic carbocycles. The third kappa shape index (κ3) is 4.15. The molecule has 1 atom stereocenters. The second-order valence-corrected chi connectivity index (χ2v) is 5.21. The number of aryl methyl sites for hydroxylation is 1. The van der Waals surface area contributed by atoms with Crippen LogP contribution >= 0.6 is 31.9 Å². The fraction of sp³-hybridized carbons (Fsp3) is 0.500. The Kier molecular flexibility index (Phi) is 5.69. The van der Waals surface area contributed by atoms with Gasteiger partial charge in [-0.3, -0.25) is 0 Å². The largest absolute Gasteiger partial charge is 0.493 e. The first-order valence-electron chi connectivity index (χ1n) is 5.12. The molecule has 84 valence electrons. The van der Waals surface area contributed by atoms with Crippen LogP contribution in [0.3, 0.4) is 0 Å². The van der Waals surface area contributed by atoms with Gasteiger partial charge in [0.2, 0.25) is 0 Å². The second-order valence-electron chi connectivity index (χ2n) is 3.65. The molecular formula is C12H16Br2O. The lowest BCUT2D eigenvalue weighted by molar-refractivity contribution is 0.258. The van der Waals surface area contributed by atoms with E-state index in [2.05, 4.69) is 51.8 Å². The zero-order valence-corrected chi connectivity index (χ0v) is 12.3. The first kappa shape index (κ1) is 13.0. The molecule has 1 unspecified atom stereocenters. The summed E-state index contributed by atoms with van der Waals surface area (Å²) in [5.74, 6) is 1.56. The Balaban J connectivity index is 2.60. The van der Waals surface area contributed by atoms with Crippen molar-refractivity contribution < 1.29 is 4.74 Å². The number of halogens is 2. The van der Waals surface area contributed by atoms with Crippen molar-refractivity contribution >= 4 is 31.9 Å². The van der Waals surface area contributed by atoms with E-state index in [1.54, 1.807) is 0 Å². The summed E-state index contributed by atoms with van der Waals surface area (Å²) in [7, 11) is 0. The highest BCUT2D eigenvalue weighted by atomic mass is 79.9. The van der Waals surface area contributed by atoms with Gasteiger partial charge in [-0.2, -0.15) is 0 Å². The molecule has 0 aromatic heterocycles. The zero-order valence-electron chi connectivity index (χ0n) is 9.09. The van der Waals surface area contributed by atoms with E-state index in [0.29, 0.717) is 5.92 Å². The standard InChI is InChI=1S/C12H16Br2O/c1-3-10(7-13)8-15-12-6-11(14)5-4-9(12)2/h4-6,10H,3,7-8H2,1-2H3. The van der Waals surface area contributed by atoms with Crippen molar-refractivity contribution in [3.8, 4) is 5.75 Å². The topological polar surface area (TPSA) is 9.23 Å². The van der Waals surface area contributed by atoms with E-state index in [1.165, 1.54) is 5.56 Å². The number of rotatable bonds is 5. The van der Waals surface area contributed by atoms with Crippen LogP contribution in [-0.4, -0.2) is 11.9 Å². The van der Waals surface area contributed by atoms with Crippen molar-refractivity contribution in [3.05, 3.63) is 28.2 Å². The van der Waals surface area contributed by atoms with Crippen LogP contribution < -0.4 is 4.74 Å². The van der Waals surface area contributed by atoms with Crippen LogP contribution in [-0.2, 0) is 0 Å². The molecule has 0 N–H and O–H groups in total. The first-order chi connectivity index (χ1) is 7.17. The molecule has 1 aromatic carbocycles. The van der Waals surface area contributed by atoms with Crippen molar-refractivity contribution in [2.75, 3.05) is 11.9 Å². The van der Waals surface area contributed by atoms with Crippen molar-refractivity contribution in [1.82, 2.24) is 0 Å². The Labute approximate surface area is 108 Å². The summed E-state index contributed by atoms with van der Waals surface area (Å²) < 4.78 is 6.87. The minimum atomic E-state index is 0.586. The van der Waals surface area contributed by atoms with E-state index in [9.17, 15) is 0 Å². The lowest BCUT2D eigenvalue weighted by Gasteiger charge is -2.14. The monoisotopic (exact) mass is 334 g/mol. The molecule has 0 spiro atoms. The van der Waals surface area contributed by atoms with Crippen molar-refractivity contribution in [1.29, 1.82) is 0 Å². The molecule has 0 aliphatic heterocycles. The molecule has 3 heteroatoms. The summed E-state index contributed by atoms with van der Waals surface area (Å²) in [5.41, 5.74) is 1.18. The van der Waals surface area contributed by atoms with Gasteiger partial charge in [0.05, 0.1) is 6.61 Å². The summed E-state index contributed by atoms with van der Waals surface area (Å²) >= 11 is 6.94. The Bertz CT molecular complexity index is 308. The highest BCUT2D eigenvalue weighted by Gasteiger charge is 2.06. The maximum atomic E-state index is 5.80. The predicted octanol–water partition coefficient (Wildman–Crippen LogP) is 4.56. The molecule has 0 fully saturated rings. The van der Waals surface area contributed by atoms with Crippen molar-refractivity contribution in [2.45, 2.75) is 20.3 Å². The lowest BCUT2D eigenvalue weighted by Crippen LogP contribution is -2.12. The zero-order chi connectivity index (χ0) is 11.3. The van der Waals surface area contributed by atoms with Gasteiger partial charge < -0.3 is 4.74 Å². The maximum absolute atomic E-state index is 5.80. The molecule has 0 aliphatic rings. The average Bonchev–Trinajstić information content (AvgIpc) is 2.24. The smallest absolute Gasteiger partial charge is 0.123 e. The summed E-state index contributed by atoms with van der Waals surface area (Å²) in [6.45, 7) is 5.03. The molecule has 0 heterocycles. The number of ether oxygens (including phenoxy) is 1. The Morgan fingerprint density at radius 3 is 2.73 bits per heavy atom. The maximum Gasteiger partial charge on any atom is 0.123 e. The van der Waals surface area contributed by atoms with Gasteiger partial charge in [0.1, 0.15) is 5.75 Å². The molecule has 0 bridgehead atoms. The van der Waals surface area contributed by atoms with E-state index < -0.39 is 0 Å². The van der Waals surface area contributed by atoms with Gasteiger partial charge >= 0.3 is 0 Å². The molecule has 1 rings (SSSR count). The van der Waals surface area contributed by atoms with E-state index in [4.69, 9.17) is 4.74 Å². The quantitative estimate of drug-likeness (QED) is 0.717. The van der Waals surface area contributed by atoms with Gasteiger partial charge in [-0.1, -0.05) is 44.8 Å². The lowest BCUT2D eigenvalue weighted by atomic mass is 10.1. The van der Waals surface area contributed by atoms with Crippen LogP contribution in [0, 0.1) is 12.8 Å². The number of benzene rings is 1. The molecule has 1 nitrogen and oxygen atoms in total. The van der Waals surface area contributed by atoms with Gasteiger partial charge in [-0.25, -0.2) is 0 Å². The summed E-state index contributed by atoms with van der Waals surface area (Å²) in [6, 6.07) is 6.12. The Morgan fingerprint density at radius 1 is 1.40 bits per heavy atom. The highest BCUT2D eigenvalue weighted by Crippen LogP contribution is 2.23. The Hall–Kier alpha value is -0.0200. The van der Waals surface area contributed by atoms with E-state index >= 15 is 0 Å². The van der Waals surface area contributed by atoms with E-state index in [-0.39, 0.29) is 0 Å². The van der Waals surface area contributed by atoms with Gasteiger partial charge in [-0.15, -0.1) is 0 Å². The fourth-order valence-corrected chi connectivity index (χ4v) is 2.19. The minimum Gasteiger partial charge on any atom is -0.493 e. The molecule has 0 saturated heterocycles. The van der Waals surface area contributed by atoms with Gasteiger partial charge in [0, 0.05) is 15.7 Å². The normalized spacial score (nSPS) is 12.5. The minimum absolute atomic E-state index is 0.586. The average molecular weight is 336 g/mol. The van der Waals surface area contributed by atoms with Crippen molar-refractivity contribution in [3.63, 3.8) is 0 Å². The van der Waals surface area contributed by atoms with Gasteiger partial charge in [-0.05, 0) is 31.0 Å². The molecule has 0 radical (unpaired) electrons. The third-order valence-corrected chi connectivity index (χ3v) is 3.83. The number of hydrogen-bond acceptors (Lipinski definition) is 1. The molecule has 0 amide bonds. The fourth-order valence-electron chi connectivity index (χ4n) is 1.21. The predicted molar refractivity (Wildman–Crippen MR) is 71.9 cm³/mol. The van der Waals surface area contributed by atoms with Crippen molar-refractivity contribution in [2.24, 2.45) is 5.92 Å². The summed E-state index contributed by atoms with van der Waals surface area (Å²) in [6.07, 6.45) is 1.14. The van der Waals surface area contributed by atoms with Crippen LogP contribution in [0.4, 0.5) is 0 Å². The SMILES string of the molecule is CCC(CBr)COc1cc(Br)ccc1C. The number of alkyl halides is 1. The first-order valence-corrected chi connectivity index (χ1v) is 7.03. The third-order valence-electron chi connectivity index (χ3n) is 2.42.